The maximum Gasteiger partial charge on any atom is 0.222 e. The van der Waals surface area contributed by atoms with Gasteiger partial charge in [-0.15, -0.1) is 0 Å². The van der Waals surface area contributed by atoms with Crippen LogP contribution in [0.4, 0.5) is 0 Å². The first-order chi connectivity index (χ1) is 11.5. The fraction of sp³-hybridized carbons (Fsp3) is 0.389. The monoisotopic (exact) mass is 347 g/mol. The van der Waals surface area contributed by atoms with Gasteiger partial charge in [0, 0.05) is 19.5 Å². The van der Waals surface area contributed by atoms with Gasteiger partial charge in [-0.25, -0.2) is 8.42 Å². The number of aryl methyl sites for hydroxylation is 1. The van der Waals surface area contributed by atoms with Crippen LogP contribution in [-0.4, -0.2) is 37.6 Å². The third kappa shape index (κ3) is 4.06. The first kappa shape index (κ1) is 16.8. The maximum atomic E-state index is 12.2. The highest BCUT2D eigenvalue weighted by molar-refractivity contribution is 7.91. The summed E-state index contributed by atoms with van der Waals surface area (Å²) >= 11 is 0. The lowest BCUT2D eigenvalue weighted by molar-refractivity contribution is -0.134. The van der Waals surface area contributed by atoms with Crippen LogP contribution < -0.4 is 0 Å². The number of sulfone groups is 1. The molecule has 24 heavy (non-hydrogen) atoms. The second-order valence-electron chi connectivity index (χ2n) is 6.15. The number of nitrogens with zero attached hydrogens (tertiary/aromatic N) is 1. The Morgan fingerprint density at radius 2 is 1.88 bits per heavy atom. The molecule has 6 heteroatoms. The van der Waals surface area contributed by atoms with Crippen molar-refractivity contribution in [2.75, 3.05) is 13.1 Å². The van der Waals surface area contributed by atoms with Gasteiger partial charge in [-0.3, -0.25) is 4.79 Å². The van der Waals surface area contributed by atoms with E-state index in [9.17, 15) is 13.2 Å². The molecule has 1 aliphatic heterocycles. The highest BCUT2D eigenvalue weighted by atomic mass is 32.2. The smallest absolute Gasteiger partial charge is 0.222 e. The van der Waals surface area contributed by atoms with E-state index in [0.29, 0.717) is 25.3 Å². The molecule has 1 amide bonds. The van der Waals surface area contributed by atoms with Gasteiger partial charge in [0.1, 0.15) is 11.5 Å². The Morgan fingerprint density at radius 1 is 1.12 bits per heavy atom. The third-order valence-corrected chi connectivity index (χ3v) is 6.33. The molecule has 0 unspecified atom stereocenters. The molecule has 0 N–H and O–H groups in total. The van der Waals surface area contributed by atoms with E-state index in [1.807, 2.05) is 30.3 Å². The minimum atomic E-state index is -3.26. The van der Waals surface area contributed by atoms with Crippen molar-refractivity contribution < 1.29 is 17.6 Å². The Balaban J connectivity index is 1.41. The molecular weight excluding hydrogens is 326 g/mol. The number of hydrogen-bond donors (Lipinski definition) is 0. The Bertz CT molecular complexity index is 763. The van der Waals surface area contributed by atoms with E-state index in [4.69, 9.17) is 4.42 Å². The van der Waals surface area contributed by atoms with Crippen molar-refractivity contribution in [3.05, 3.63) is 60.1 Å². The summed E-state index contributed by atoms with van der Waals surface area (Å²) in [6, 6.07) is 13.4. The predicted molar refractivity (Wildman–Crippen MR) is 91.1 cm³/mol. The lowest BCUT2D eigenvalue weighted by atomic mass is 10.1. The van der Waals surface area contributed by atoms with Crippen molar-refractivity contribution in [1.82, 2.24) is 4.90 Å². The van der Waals surface area contributed by atoms with E-state index in [2.05, 4.69) is 0 Å². The second kappa shape index (κ2) is 7.21. The van der Waals surface area contributed by atoms with E-state index in [-0.39, 0.29) is 11.7 Å². The van der Waals surface area contributed by atoms with E-state index >= 15 is 0 Å². The Kier molecular flexibility index (Phi) is 5.04. The number of furan rings is 1. The van der Waals surface area contributed by atoms with E-state index in [0.717, 1.165) is 12.8 Å². The van der Waals surface area contributed by atoms with E-state index < -0.39 is 15.1 Å². The van der Waals surface area contributed by atoms with Gasteiger partial charge in [0.15, 0.2) is 9.84 Å². The average Bonchev–Trinajstić information content (AvgIpc) is 2.98. The zero-order valence-electron chi connectivity index (χ0n) is 13.4. The summed E-state index contributed by atoms with van der Waals surface area (Å²) in [5.41, 5.74) is 1.22. The molecule has 3 rings (SSSR count). The van der Waals surface area contributed by atoms with Gasteiger partial charge in [0.05, 0.1) is 11.5 Å². The molecule has 5 nitrogen and oxygen atoms in total. The van der Waals surface area contributed by atoms with Crippen LogP contribution in [0.25, 0.3) is 0 Å². The molecule has 0 atom stereocenters. The molecule has 0 bridgehead atoms. The van der Waals surface area contributed by atoms with Gasteiger partial charge in [-0.1, -0.05) is 30.3 Å². The lowest BCUT2D eigenvalue weighted by Gasteiger charge is -2.38. The van der Waals surface area contributed by atoms with Crippen LogP contribution in [-0.2, 0) is 26.8 Å². The lowest BCUT2D eigenvalue weighted by Crippen LogP contribution is -2.57. The van der Waals surface area contributed by atoms with Crippen molar-refractivity contribution in [1.29, 1.82) is 0 Å². The summed E-state index contributed by atoms with van der Waals surface area (Å²) < 4.78 is 29.6. The average molecular weight is 347 g/mol. The van der Waals surface area contributed by atoms with E-state index in [1.54, 1.807) is 17.0 Å². The van der Waals surface area contributed by atoms with Crippen molar-refractivity contribution in [2.45, 2.75) is 30.3 Å². The standard InChI is InChI=1S/C18H21NO4S/c20-18(10-4-8-15-6-2-1-3-7-15)19-12-17(13-19)24(21,22)14-16-9-5-11-23-16/h1-3,5-7,9,11,17H,4,8,10,12-14H2. The van der Waals surface area contributed by atoms with Gasteiger partial charge in [0.25, 0.3) is 0 Å². The molecule has 0 radical (unpaired) electrons. The second-order valence-corrected chi connectivity index (χ2v) is 8.43. The SMILES string of the molecule is O=C(CCCc1ccccc1)N1CC(S(=O)(=O)Cc2ccco2)C1. The van der Waals surface area contributed by atoms with Crippen molar-refractivity contribution >= 4 is 15.7 Å². The Labute approximate surface area is 142 Å². The summed E-state index contributed by atoms with van der Waals surface area (Å²) in [5.74, 6) is 0.388. The number of amides is 1. The molecule has 1 saturated heterocycles. The Morgan fingerprint density at radius 3 is 2.54 bits per heavy atom. The summed E-state index contributed by atoms with van der Waals surface area (Å²) in [5, 5.41) is -0.472. The molecular formula is C18H21NO4S. The van der Waals surface area contributed by atoms with Crippen LogP contribution in [0.3, 0.4) is 0 Å². The highest BCUT2D eigenvalue weighted by Gasteiger charge is 2.39. The third-order valence-electron chi connectivity index (χ3n) is 4.33. The normalized spacial score (nSPS) is 15.2. The highest BCUT2D eigenvalue weighted by Crippen LogP contribution is 2.22. The first-order valence-electron chi connectivity index (χ1n) is 8.10. The molecule has 2 heterocycles. The van der Waals surface area contributed by atoms with Gasteiger partial charge in [0.2, 0.25) is 5.91 Å². The molecule has 1 aliphatic rings. The van der Waals surface area contributed by atoms with Crippen molar-refractivity contribution in [2.24, 2.45) is 0 Å². The van der Waals surface area contributed by atoms with Crippen LogP contribution in [0.1, 0.15) is 24.2 Å². The van der Waals surface area contributed by atoms with Crippen LogP contribution in [0.15, 0.2) is 53.1 Å². The van der Waals surface area contributed by atoms with Gasteiger partial charge >= 0.3 is 0 Å². The number of likely N-dealkylation sites (tertiary alicyclic amines) is 1. The molecule has 1 aromatic heterocycles. The molecule has 128 valence electrons. The number of carbonyl (C=O) groups is 1. The zero-order valence-corrected chi connectivity index (χ0v) is 14.2. The summed E-state index contributed by atoms with van der Waals surface area (Å²) in [4.78, 5) is 13.8. The molecule has 0 spiro atoms. The van der Waals surface area contributed by atoms with Crippen LogP contribution >= 0.6 is 0 Å². The zero-order chi connectivity index (χ0) is 17.0. The number of hydrogen-bond acceptors (Lipinski definition) is 4. The quantitative estimate of drug-likeness (QED) is 0.771. The van der Waals surface area contributed by atoms with Crippen LogP contribution in [0, 0.1) is 0 Å². The van der Waals surface area contributed by atoms with Crippen molar-refractivity contribution in [3.8, 4) is 0 Å². The minimum Gasteiger partial charge on any atom is -0.468 e. The van der Waals surface area contributed by atoms with Crippen LogP contribution in [0.5, 0.6) is 0 Å². The minimum absolute atomic E-state index is 0.0374. The molecule has 0 saturated carbocycles. The summed E-state index contributed by atoms with van der Waals surface area (Å²) in [7, 11) is -3.26. The number of benzene rings is 1. The molecule has 2 aromatic rings. The fourth-order valence-electron chi connectivity index (χ4n) is 2.83. The first-order valence-corrected chi connectivity index (χ1v) is 9.82. The van der Waals surface area contributed by atoms with Gasteiger partial charge in [-0.2, -0.15) is 0 Å². The predicted octanol–water partition coefficient (Wildman–Crippen LogP) is 2.43. The Hall–Kier alpha value is -2.08. The molecule has 0 aliphatic carbocycles. The summed E-state index contributed by atoms with van der Waals surface area (Å²) in [6.45, 7) is 0.598. The van der Waals surface area contributed by atoms with Gasteiger partial charge in [-0.05, 0) is 30.5 Å². The fourth-order valence-corrected chi connectivity index (χ4v) is 4.44. The van der Waals surface area contributed by atoms with E-state index in [1.165, 1.54) is 11.8 Å². The number of carbonyl (C=O) groups excluding carboxylic acids is 1. The molecule has 1 fully saturated rings. The largest absolute Gasteiger partial charge is 0.468 e. The van der Waals surface area contributed by atoms with Crippen molar-refractivity contribution in [3.63, 3.8) is 0 Å². The topological polar surface area (TPSA) is 67.6 Å². The maximum absolute atomic E-state index is 12.2. The van der Waals surface area contributed by atoms with Crippen LogP contribution in [0.2, 0.25) is 0 Å². The summed E-state index contributed by atoms with van der Waals surface area (Å²) in [6.07, 6.45) is 3.57. The number of rotatable bonds is 7. The van der Waals surface area contributed by atoms with Gasteiger partial charge < -0.3 is 9.32 Å². The molecule has 1 aromatic carbocycles.